The molecule has 9 nitrogen and oxygen atoms in total. The quantitative estimate of drug-likeness (QED) is 0.606. The van der Waals surface area contributed by atoms with Crippen LogP contribution in [0.2, 0.25) is 5.02 Å². The molecule has 1 aromatic heterocycles. The maximum absolute atomic E-state index is 13.2. The molecule has 1 aliphatic heterocycles. The second kappa shape index (κ2) is 7.31. The molecule has 1 unspecified atom stereocenters. The third kappa shape index (κ3) is 3.45. The first-order valence-corrected chi connectivity index (χ1v) is 9.86. The summed E-state index contributed by atoms with van der Waals surface area (Å²) in [4.78, 5) is 10.1. The highest BCUT2D eigenvalue weighted by molar-refractivity contribution is 7.89. The number of piperazine rings is 1. The van der Waals surface area contributed by atoms with Crippen molar-refractivity contribution in [2.24, 2.45) is 0 Å². The molecule has 3 rings (SSSR count). The monoisotopic (exact) mass is 399 g/mol. The number of hydrogen-bond donors (Lipinski definition) is 1. The van der Waals surface area contributed by atoms with Gasteiger partial charge in [-0.3, -0.25) is 0 Å². The van der Waals surface area contributed by atoms with Crippen molar-refractivity contribution in [1.29, 1.82) is 0 Å². The molecule has 11 heteroatoms. The van der Waals surface area contributed by atoms with Crippen LogP contribution in [0, 0.1) is 10.1 Å². The van der Waals surface area contributed by atoms with E-state index in [1.54, 1.807) is 31.2 Å². The van der Waals surface area contributed by atoms with Gasteiger partial charge in [-0.05, 0) is 29.5 Å². The van der Waals surface area contributed by atoms with E-state index in [-0.39, 0.29) is 6.54 Å². The molecule has 1 aliphatic rings. The van der Waals surface area contributed by atoms with E-state index in [0.717, 1.165) is 5.56 Å². The number of benzene rings is 1. The highest BCUT2D eigenvalue weighted by Gasteiger charge is 2.40. The van der Waals surface area contributed by atoms with E-state index in [1.807, 2.05) is 0 Å². The Morgan fingerprint density at radius 3 is 2.88 bits per heavy atom. The van der Waals surface area contributed by atoms with Crippen molar-refractivity contribution in [3.63, 3.8) is 0 Å². The Kier molecular flexibility index (Phi) is 5.28. The first-order chi connectivity index (χ1) is 12.3. The summed E-state index contributed by atoms with van der Waals surface area (Å²) in [6, 6.07) is 6.42. The van der Waals surface area contributed by atoms with Crippen molar-refractivity contribution in [3.8, 4) is 0 Å². The van der Waals surface area contributed by atoms with Crippen LogP contribution in [-0.2, 0) is 16.6 Å². The van der Waals surface area contributed by atoms with Crippen LogP contribution < -0.4 is 5.32 Å². The molecule has 2 aromatic rings. The van der Waals surface area contributed by atoms with E-state index in [2.05, 4.69) is 10.4 Å². The van der Waals surface area contributed by atoms with E-state index in [4.69, 9.17) is 11.6 Å². The average molecular weight is 400 g/mol. The summed E-state index contributed by atoms with van der Waals surface area (Å²) in [5.74, 6) is -0.657. The Morgan fingerprint density at radius 1 is 1.46 bits per heavy atom. The van der Waals surface area contributed by atoms with Crippen molar-refractivity contribution in [2.75, 3.05) is 19.6 Å². The molecule has 26 heavy (non-hydrogen) atoms. The van der Waals surface area contributed by atoms with Crippen LogP contribution in [0.1, 0.15) is 18.5 Å². The van der Waals surface area contributed by atoms with Gasteiger partial charge in [-0.2, -0.15) is 8.99 Å². The fraction of sp³-hybridized carbons (Fsp3) is 0.400. The van der Waals surface area contributed by atoms with Crippen LogP contribution in [0.25, 0.3) is 0 Å². The van der Waals surface area contributed by atoms with Gasteiger partial charge in [0.2, 0.25) is 4.90 Å². The zero-order valence-electron chi connectivity index (χ0n) is 14.0. The van der Waals surface area contributed by atoms with Crippen LogP contribution in [0.5, 0.6) is 0 Å². The highest BCUT2D eigenvalue weighted by Crippen LogP contribution is 2.33. The van der Waals surface area contributed by atoms with Gasteiger partial charge >= 0.3 is 5.82 Å². The molecule has 140 valence electrons. The number of aromatic nitrogens is 2. The minimum atomic E-state index is -4.11. The number of nitro groups is 1. The summed E-state index contributed by atoms with van der Waals surface area (Å²) in [7, 11) is -4.11. The van der Waals surface area contributed by atoms with Crippen molar-refractivity contribution < 1.29 is 13.3 Å². The molecule has 0 saturated carbocycles. The van der Waals surface area contributed by atoms with Crippen LogP contribution in [0.15, 0.2) is 35.4 Å². The molecule has 0 spiro atoms. The predicted molar refractivity (Wildman–Crippen MR) is 95.5 cm³/mol. The number of hydrogen-bond acceptors (Lipinski definition) is 6. The Hall–Kier alpha value is -2.01. The van der Waals surface area contributed by atoms with Crippen LogP contribution in [0.4, 0.5) is 5.82 Å². The lowest BCUT2D eigenvalue weighted by Crippen LogP contribution is -2.48. The van der Waals surface area contributed by atoms with Crippen molar-refractivity contribution in [1.82, 2.24) is 19.4 Å². The summed E-state index contributed by atoms with van der Waals surface area (Å²) < 4.78 is 29.0. The van der Waals surface area contributed by atoms with E-state index >= 15 is 0 Å². The van der Waals surface area contributed by atoms with Gasteiger partial charge in [0.25, 0.3) is 10.0 Å². The number of halogens is 1. The lowest BCUT2D eigenvalue weighted by atomic mass is 10.1. The second-order valence-corrected chi connectivity index (χ2v) is 8.12. The number of rotatable bonds is 5. The molecule has 2 heterocycles. The molecule has 1 N–H and O–H groups in total. The Balaban J connectivity index is 2.07. The van der Waals surface area contributed by atoms with Gasteiger partial charge in [-0.25, -0.2) is 8.42 Å². The van der Waals surface area contributed by atoms with Crippen molar-refractivity contribution in [2.45, 2.75) is 24.4 Å². The molecule has 1 atom stereocenters. The van der Waals surface area contributed by atoms with E-state index < -0.39 is 31.7 Å². The van der Waals surface area contributed by atoms with Gasteiger partial charge in [0.15, 0.2) is 0 Å². The fourth-order valence-electron chi connectivity index (χ4n) is 2.96. The fourth-order valence-corrected chi connectivity index (χ4v) is 4.88. The topological polar surface area (TPSA) is 110 Å². The Bertz CT molecular complexity index is 930. The van der Waals surface area contributed by atoms with E-state index in [9.17, 15) is 18.5 Å². The lowest BCUT2D eigenvalue weighted by Gasteiger charge is -2.35. The van der Waals surface area contributed by atoms with Gasteiger partial charge in [-0.1, -0.05) is 23.7 Å². The second-order valence-electron chi connectivity index (χ2n) is 5.82. The first kappa shape index (κ1) is 18.8. The number of nitrogens with one attached hydrogen (secondary N) is 1. The summed E-state index contributed by atoms with van der Waals surface area (Å²) in [6.45, 7) is 3.08. The summed E-state index contributed by atoms with van der Waals surface area (Å²) in [6.07, 6.45) is 1.21. The molecule has 1 aromatic carbocycles. The van der Waals surface area contributed by atoms with Gasteiger partial charge in [0.1, 0.15) is 0 Å². The molecule has 0 aliphatic carbocycles. The third-order valence-corrected chi connectivity index (χ3v) is 6.35. The first-order valence-electron chi connectivity index (χ1n) is 8.04. The number of nitrogens with zero attached hydrogens (tertiary/aromatic N) is 4. The van der Waals surface area contributed by atoms with Crippen LogP contribution in [0.3, 0.4) is 0 Å². The van der Waals surface area contributed by atoms with Gasteiger partial charge in [0.05, 0.1) is 23.9 Å². The summed E-state index contributed by atoms with van der Waals surface area (Å²) in [5, 5.41) is 18.7. The van der Waals surface area contributed by atoms with Gasteiger partial charge in [-0.15, -0.1) is 0 Å². The maximum atomic E-state index is 13.2. The smallest absolute Gasteiger partial charge is 0.358 e. The molecule has 0 bridgehead atoms. The molecule has 1 fully saturated rings. The third-order valence-electron chi connectivity index (χ3n) is 4.22. The summed E-state index contributed by atoms with van der Waals surface area (Å²) in [5.41, 5.74) is 0.721. The van der Waals surface area contributed by atoms with E-state index in [1.165, 1.54) is 15.2 Å². The predicted octanol–water partition coefficient (Wildman–Crippen LogP) is 1.80. The molecular formula is C15H18ClN5O4S. The number of aryl methyl sites for hydroxylation is 1. The van der Waals surface area contributed by atoms with Crippen LogP contribution >= 0.6 is 11.6 Å². The maximum Gasteiger partial charge on any atom is 0.410 e. The Morgan fingerprint density at radius 2 is 2.23 bits per heavy atom. The van der Waals surface area contributed by atoms with Crippen LogP contribution in [-0.4, -0.2) is 47.1 Å². The normalized spacial score (nSPS) is 18.8. The minimum absolute atomic E-state index is 0.188. The van der Waals surface area contributed by atoms with E-state index in [0.29, 0.717) is 24.7 Å². The molecule has 0 amide bonds. The summed E-state index contributed by atoms with van der Waals surface area (Å²) >= 11 is 6.04. The zero-order valence-corrected chi connectivity index (χ0v) is 15.6. The lowest BCUT2D eigenvalue weighted by molar-refractivity contribution is -0.392. The molecule has 0 radical (unpaired) electrons. The average Bonchev–Trinajstić information content (AvgIpc) is 3.07. The van der Waals surface area contributed by atoms with Gasteiger partial charge in [0, 0.05) is 24.7 Å². The highest BCUT2D eigenvalue weighted by atomic mass is 35.5. The largest absolute Gasteiger partial charge is 0.410 e. The molecule has 1 saturated heterocycles. The SMILES string of the molecule is CCn1cc(S(=O)(=O)N2CCNCC2c2cccc(Cl)c2)c([N+](=O)[O-])n1. The minimum Gasteiger partial charge on any atom is -0.358 e. The standard InChI is InChI=1S/C15H18ClN5O4S/c1-2-19-10-14(15(18-19)21(22)23)26(24,25)20-7-6-17-9-13(20)11-4-3-5-12(16)8-11/h3-5,8,10,13,17H,2,6-7,9H2,1H3. The van der Waals surface area contributed by atoms with Gasteiger partial charge < -0.3 is 15.4 Å². The van der Waals surface area contributed by atoms with Crippen molar-refractivity contribution >= 4 is 27.4 Å². The number of sulfonamides is 1. The molecular weight excluding hydrogens is 382 g/mol. The Labute approximate surface area is 155 Å². The van der Waals surface area contributed by atoms with Crippen molar-refractivity contribution in [3.05, 3.63) is 51.2 Å². The zero-order chi connectivity index (χ0) is 18.9.